The standard InChI is InChI=1S/C5H5.2C3H7.Zr/c1-2-4-5-3-1;2*1-3-2;/h1-5H;2*3H,1-2H3;/q3*-1;+3. The summed E-state index contributed by atoms with van der Waals surface area (Å²) in [5.41, 5.74) is 0. The van der Waals surface area contributed by atoms with E-state index in [1.807, 2.05) is 70.9 Å². The van der Waals surface area contributed by atoms with Crippen LogP contribution < -0.4 is 0 Å². The second-order valence-electron chi connectivity index (χ2n) is 2.12. The molecule has 0 bridgehead atoms. The summed E-state index contributed by atoms with van der Waals surface area (Å²) in [5, 5.41) is 0. The third-order valence-corrected chi connectivity index (χ3v) is 0.556. The minimum Gasteiger partial charge on any atom is -0.335 e. The molecule has 1 aromatic carbocycles. The molecule has 0 aliphatic heterocycles. The van der Waals surface area contributed by atoms with E-state index in [0.29, 0.717) is 0 Å². The monoisotopic (exact) mass is 241 g/mol. The Bertz CT molecular complexity index is 80.5. The molecule has 1 rings (SSSR count). The van der Waals surface area contributed by atoms with Crippen LogP contribution in [0.5, 0.6) is 0 Å². The Labute approximate surface area is 96.9 Å². The molecule has 0 fully saturated rings. The van der Waals surface area contributed by atoms with Crippen molar-refractivity contribution in [1.29, 1.82) is 0 Å². The van der Waals surface area contributed by atoms with Crippen LogP contribution in [-0.2, 0) is 26.2 Å². The van der Waals surface area contributed by atoms with Crippen molar-refractivity contribution in [3.8, 4) is 0 Å². The first-order valence-corrected chi connectivity index (χ1v) is 3.98. The Hall–Kier alpha value is 0.233. The third-order valence-electron chi connectivity index (χ3n) is 0.556. The maximum atomic E-state index is 2.00. The molecule has 0 N–H and O–H groups in total. The molecule has 1 heteroatoms. The Morgan fingerprint density at radius 3 is 1.17 bits per heavy atom. The molecule has 0 aliphatic carbocycles. The van der Waals surface area contributed by atoms with Crippen molar-refractivity contribution in [2.75, 3.05) is 0 Å². The van der Waals surface area contributed by atoms with Crippen LogP contribution in [0, 0.1) is 12.8 Å². The molecule has 67 valence electrons. The molecule has 0 atom stereocenters. The van der Waals surface area contributed by atoms with Gasteiger partial charge >= 0.3 is 26.2 Å². The van der Waals surface area contributed by atoms with Crippen LogP contribution in [0.4, 0.5) is 0 Å². The Morgan fingerprint density at radius 1 is 0.833 bits per heavy atom. The van der Waals surface area contributed by atoms with Gasteiger partial charge in [-0.05, 0) is 0 Å². The minimum atomic E-state index is 0. The van der Waals surface area contributed by atoms with Gasteiger partial charge in [0.25, 0.3) is 0 Å². The second kappa shape index (κ2) is 22.5. The Morgan fingerprint density at radius 2 is 1.08 bits per heavy atom. The van der Waals surface area contributed by atoms with E-state index in [1.54, 1.807) is 0 Å². The largest absolute Gasteiger partial charge is 3.00 e. The summed E-state index contributed by atoms with van der Waals surface area (Å²) in [6, 6.07) is 10.0. The van der Waals surface area contributed by atoms with E-state index in [2.05, 4.69) is 0 Å². The first-order valence-electron chi connectivity index (χ1n) is 3.98. The van der Waals surface area contributed by atoms with Crippen molar-refractivity contribution < 1.29 is 26.2 Å². The molecule has 0 aliphatic rings. The first-order chi connectivity index (χ1) is 5.33. The molecule has 0 unspecified atom stereocenters. The van der Waals surface area contributed by atoms with Crippen LogP contribution in [0.15, 0.2) is 30.3 Å². The quantitative estimate of drug-likeness (QED) is 0.606. The molecule has 1 aromatic rings. The smallest absolute Gasteiger partial charge is 0.335 e. The molecule has 0 saturated carbocycles. The normalized spacial score (nSPS) is 6.33. The average molecular weight is 242 g/mol. The molecule has 0 amide bonds. The summed E-state index contributed by atoms with van der Waals surface area (Å²) in [5.74, 6) is 0. The number of hydrogen-bond donors (Lipinski definition) is 0. The zero-order valence-electron chi connectivity index (χ0n) is 8.54. The van der Waals surface area contributed by atoms with Crippen LogP contribution in [0.25, 0.3) is 0 Å². The molecule has 0 nitrogen and oxygen atoms in total. The average Bonchev–Trinajstić information content (AvgIpc) is 2.44. The molecule has 0 heterocycles. The van der Waals surface area contributed by atoms with Gasteiger partial charge in [0, 0.05) is 0 Å². The predicted molar refractivity (Wildman–Crippen MR) is 53.3 cm³/mol. The molecular weight excluding hydrogens is 223 g/mol. The van der Waals surface area contributed by atoms with Gasteiger partial charge in [-0.3, -0.25) is 0 Å². The summed E-state index contributed by atoms with van der Waals surface area (Å²) in [6.07, 6.45) is 4.00. The number of hydrogen-bond acceptors (Lipinski definition) is 0. The van der Waals surface area contributed by atoms with Crippen molar-refractivity contribution in [3.05, 3.63) is 43.2 Å². The number of rotatable bonds is 0. The van der Waals surface area contributed by atoms with Gasteiger partial charge in [-0.25, -0.2) is 12.1 Å². The fraction of sp³-hybridized carbons (Fsp3) is 0.364. The van der Waals surface area contributed by atoms with Crippen LogP contribution in [0.1, 0.15) is 27.7 Å². The summed E-state index contributed by atoms with van der Waals surface area (Å²) in [7, 11) is 0. The van der Waals surface area contributed by atoms with Crippen molar-refractivity contribution in [3.63, 3.8) is 0 Å². The molecule has 12 heavy (non-hydrogen) atoms. The molecule has 0 aromatic heterocycles. The molecule has 0 spiro atoms. The van der Waals surface area contributed by atoms with Crippen molar-refractivity contribution in [1.82, 2.24) is 0 Å². The van der Waals surface area contributed by atoms with Gasteiger partial charge in [0.05, 0.1) is 0 Å². The van der Waals surface area contributed by atoms with E-state index in [4.69, 9.17) is 0 Å². The van der Waals surface area contributed by atoms with Gasteiger partial charge in [-0.1, -0.05) is 0 Å². The Kier molecular flexibility index (Phi) is 33.9. The van der Waals surface area contributed by atoms with Crippen LogP contribution in [0.2, 0.25) is 0 Å². The zero-order chi connectivity index (χ0) is 8.95. The molecular formula is C11H19Zr. The second-order valence-corrected chi connectivity index (χ2v) is 2.12. The molecule has 1 radical (unpaired) electrons. The minimum absolute atomic E-state index is 0. The van der Waals surface area contributed by atoms with Crippen LogP contribution >= 0.6 is 0 Å². The van der Waals surface area contributed by atoms with E-state index in [1.165, 1.54) is 0 Å². The summed E-state index contributed by atoms with van der Waals surface area (Å²) >= 11 is 0. The van der Waals surface area contributed by atoms with Gasteiger partial charge in [0.1, 0.15) is 0 Å². The SMILES string of the molecule is C[CH-]C.C[CH-]C.[Zr+3].c1cc[cH-]c1. The fourth-order valence-corrected chi connectivity index (χ4v) is 0.321. The van der Waals surface area contributed by atoms with E-state index in [-0.39, 0.29) is 26.2 Å². The van der Waals surface area contributed by atoms with E-state index >= 15 is 0 Å². The van der Waals surface area contributed by atoms with E-state index in [9.17, 15) is 0 Å². The summed E-state index contributed by atoms with van der Waals surface area (Å²) in [6.45, 7) is 8.00. The zero-order valence-corrected chi connectivity index (χ0v) is 11.0. The summed E-state index contributed by atoms with van der Waals surface area (Å²) in [4.78, 5) is 0. The Balaban J connectivity index is -0.000000104. The van der Waals surface area contributed by atoms with Crippen molar-refractivity contribution >= 4 is 0 Å². The first kappa shape index (κ1) is 18.1. The summed E-state index contributed by atoms with van der Waals surface area (Å²) < 4.78 is 0. The maximum absolute atomic E-state index is 2.00. The van der Waals surface area contributed by atoms with E-state index in [0.717, 1.165) is 0 Å². The topological polar surface area (TPSA) is 0 Å². The van der Waals surface area contributed by atoms with Gasteiger partial charge < -0.3 is 12.8 Å². The van der Waals surface area contributed by atoms with Gasteiger partial charge in [0.2, 0.25) is 0 Å². The van der Waals surface area contributed by atoms with Crippen LogP contribution in [0.3, 0.4) is 0 Å². The predicted octanol–water partition coefficient (Wildman–Crippen LogP) is 3.86. The van der Waals surface area contributed by atoms with E-state index < -0.39 is 0 Å². The van der Waals surface area contributed by atoms with Gasteiger partial charge in [0.15, 0.2) is 0 Å². The maximum Gasteiger partial charge on any atom is 3.00 e. The third kappa shape index (κ3) is 31.9. The molecule has 0 saturated heterocycles. The van der Waals surface area contributed by atoms with Gasteiger partial charge in [-0.15, -0.1) is 0 Å². The fourth-order valence-electron chi connectivity index (χ4n) is 0.321. The van der Waals surface area contributed by atoms with Gasteiger partial charge in [-0.2, -0.15) is 45.9 Å². The van der Waals surface area contributed by atoms with Crippen molar-refractivity contribution in [2.45, 2.75) is 27.7 Å². The van der Waals surface area contributed by atoms with Crippen LogP contribution in [-0.4, -0.2) is 0 Å². The van der Waals surface area contributed by atoms with Crippen molar-refractivity contribution in [2.24, 2.45) is 0 Å².